The van der Waals surface area contributed by atoms with Gasteiger partial charge >= 0.3 is 6.18 Å². The number of primary sulfonamides is 1. The van der Waals surface area contributed by atoms with Crippen LogP contribution >= 0.6 is 0 Å². The van der Waals surface area contributed by atoms with Gasteiger partial charge in [-0.1, -0.05) is 18.2 Å². The second-order valence-electron chi connectivity index (χ2n) is 4.70. The fourth-order valence-electron chi connectivity index (χ4n) is 2.02. The molecule has 9 heteroatoms. The lowest BCUT2D eigenvalue weighted by Gasteiger charge is -2.12. The van der Waals surface area contributed by atoms with Crippen molar-refractivity contribution >= 4 is 15.9 Å². The summed E-state index contributed by atoms with van der Waals surface area (Å²) in [7, 11) is -3.99. The lowest BCUT2D eigenvalue weighted by molar-refractivity contribution is -0.137. The fourth-order valence-corrected chi connectivity index (χ4v) is 2.58. The summed E-state index contributed by atoms with van der Waals surface area (Å²) < 4.78 is 60.9. The number of rotatable bonds is 3. The standard InChI is InChI=1S/C14H11F3N2O3S/c15-14(16,17)9-4-5-11(12(7-9)13(18)20)8-2-1-3-10(6-8)23(19,21)22/h1-7H,(H2,18,20)(H2,19,21,22). The van der Waals surface area contributed by atoms with Crippen LogP contribution in [0, 0.1) is 0 Å². The van der Waals surface area contributed by atoms with E-state index in [1.54, 1.807) is 0 Å². The van der Waals surface area contributed by atoms with Crippen LogP contribution < -0.4 is 10.9 Å². The molecule has 0 atom stereocenters. The molecular weight excluding hydrogens is 333 g/mol. The Labute approximate surface area is 129 Å². The van der Waals surface area contributed by atoms with Crippen LogP contribution in [-0.4, -0.2) is 14.3 Å². The van der Waals surface area contributed by atoms with Gasteiger partial charge in [0, 0.05) is 5.56 Å². The first-order valence-electron chi connectivity index (χ1n) is 6.14. The van der Waals surface area contributed by atoms with Crippen molar-refractivity contribution in [2.75, 3.05) is 0 Å². The lowest BCUT2D eigenvalue weighted by atomic mass is 9.97. The Morgan fingerprint density at radius 1 is 1.04 bits per heavy atom. The van der Waals surface area contributed by atoms with Crippen LogP contribution in [0.4, 0.5) is 13.2 Å². The largest absolute Gasteiger partial charge is 0.416 e. The van der Waals surface area contributed by atoms with E-state index in [0.717, 1.165) is 18.2 Å². The van der Waals surface area contributed by atoms with E-state index in [1.807, 2.05) is 0 Å². The quantitative estimate of drug-likeness (QED) is 0.891. The molecule has 1 amide bonds. The van der Waals surface area contributed by atoms with E-state index in [0.29, 0.717) is 6.07 Å². The van der Waals surface area contributed by atoms with Crippen molar-refractivity contribution in [3.05, 3.63) is 53.6 Å². The Kier molecular flexibility index (Phi) is 4.18. The molecule has 2 aromatic carbocycles. The number of primary amides is 1. The maximum atomic E-state index is 12.7. The highest BCUT2D eigenvalue weighted by Crippen LogP contribution is 2.33. The average molecular weight is 344 g/mol. The first-order chi connectivity index (χ1) is 10.5. The average Bonchev–Trinajstić information content (AvgIpc) is 2.45. The van der Waals surface area contributed by atoms with E-state index in [-0.39, 0.29) is 21.6 Å². The van der Waals surface area contributed by atoms with Crippen molar-refractivity contribution in [2.24, 2.45) is 10.9 Å². The minimum absolute atomic E-state index is 0.0796. The number of carbonyl (C=O) groups excluding carboxylic acids is 1. The predicted molar refractivity (Wildman–Crippen MR) is 76.8 cm³/mol. The van der Waals surface area contributed by atoms with Crippen molar-refractivity contribution in [1.82, 2.24) is 0 Å². The summed E-state index contributed by atoms with van der Waals surface area (Å²) in [5, 5.41) is 5.01. The molecule has 4 N–H and O–H groups in total. The summed E-state index contributed by atoms with van der Waals surface area (Å²) in [6.07, 6.45) is -4.63. The SMILES string of the molecule is NC(=O)c1cc(C(F)(F)F)ccc1-c1cccc(S(N)(=O)=O)c1. The molecule has 2 rings (SSSR count). The van der Waals surface area contributed by atoms with Gasteiger partial charge in [-0.25, -0.2) is 13.6 Å². The third kappa shape index (κ3) is 3.69. The van der Waals surface area contributed by atoms with Gasteiger partial charge in [-0.15, -0.1) is 0 Å². The first-order valence-corrected chi connectivity index (χ1v) is 7.69. The molecule has 2 aromatic rings. The van der Waals surface area contributed by atoms with E-state index in [9.17, 15) is 26.4 Å². The van der Waals surface area contributed by atoms with E-state index in [2.05, 4.69) is 0 Å². The molecule has 5 nitrogen and oxygen atoms in total. The minimum atomic E-state index is -4.63. The minimum Gasteiger partial charge on any atom is -0.366 e. The van der Waals surface area contributed by atoms with Crippen molar-refractivity contribution in [3.63, 3.8) is 0 Å². The number of sulfonamides is 1. The van der Waals surface area contributed by atoms with Crippen molar-refractivity contribution in [1.29, 1.82) is 0 Å². The zero-order valence-corrected chi connectivity index (χ0v) is 12.3. The number of halogens is 3. The highest BCUT2D eigenvalue weighted by atomic mass is 32.2. The zero-order valence-electron chi connectivity index (χ0n) is 11.5. The lowest BCUT2D eigenvalue weighted by Crippen LogP contribution is -2.15. The van der Waals surface area contributed by atoms with Crippen molar-refractivity contribution in [3.8, 4) is 11.1 Å². The molecule has 0 unspecified atom stereocenters. The van der Waals surface area contributed by atoms with Gasteiger partial charge < -0.3 is 5.73 Å². The molecule has 23 heavy (non-hydrogen) atoms. The summed E-state index contributed by atoms with van der Waals surface area (Å²) in [5.41, 5.74) is 4.03. The van der Waals surface area contributed by atoms with E-state index in [4.69, 9.17) is 10.9 Å². The van der Waals surface area contributed by atoms with Crippen LogP contribution in [0.25, 0.3) is 11.1 Å². The molecule has 0 aliphatic rings. The maximum absolute atomic E-state index is 12.7. The van der Waals surface area contributed by atoms with E-state index >= 15 is 0 Å². The fraction of sp³-hybridized carbons (Fsp3) is 0.0714. The third-order valence-electron chi connectivity index (χ3n) is 3.09. The van der Waals surface area contributed by atoms with Crippen LogP contribution in [0.15, 0.2) is 47.4 Å². The van der Waals surface area contributed by atoms with Gasteiger partial charge in [-0.2, -0.15) is 13.2 Å². The molecule has 0 fully saturated rings. The van der Waals surface area contributed by atoms with Crippen LogP contribution in [0.3, 0.4) is 0 Å². The molecule has 122 valence electrons. The molecular formula is C14H11F3N2O3S. The second-order valence-corrected chi connectivity index (χ2v) is 6.26. The molecule has 0 aromatic heterocycles. The van der Waals surface area contributed by atoms with Crippen molar-refractivity contribution < 1.29 is 26.4 Å². The molecule has 0 aliphatic heterocycles. The summed E-state index contributed by atoms with van der Waals surface area (Å²) in [4.78, 5) is 11.2. The normalized spacial score (nSPS) is 12.2. The summed E-state index contributed by atoms with van der Waals surface area (Å²) in [6.45, 7) is 0. The van der Waals surface area contributed by atoms with Crippen LogP contribution in [0.2, 0.25) is 0 Å². The molecule has 0 radical (unpaired) electrons. The third-order valence-corrected chi connectivity index (χ3v) is 4.00. The monoisotopic (exact) mass is 344 g/mol. The van der Waals surface area contributed by atoms with E-state index in [1.165, 1.54) is 18.2 Å². The van der Waals surface area contributed by atoms with Gasteiger partial charge in [0.2, 0.25) is 15.9 Å². The summed E-state index contributed by atoms with van der Waals surface area (Å²) >= 11 is 0. The van der Waals surface area contributed by atoms with E-state index < -0.39 is 27.7 Å². The summed E-state index contributed by atoms with van der Waals surface area (Å²) in [5.74, 6) is -1.06. The Bertz CT molecular complexity index is 877. The van der Waals surface area contributed by atoms with Crippen LogP contribution in [0.1, 0.15) is 15.9 Å². The second kappa shape index (κ2) is 5.67. The molecule has 0 spiro atoms. The Morgan fingerprint density at radius 3 is 2.22 bits per heavy atom. The number of benzene rings is 2. The Balaban J connectivity index is 2.67. The number of alkyl halides is 3. The number of hydrogen-bond acceptors (Lipinski definition) is 3. The highest BCUT2D eigenvalue weighted by molar-refractivity contribution is 7.89. The smallest absolute Gasteiger partial charge is 0.366 e. The number of hydrogen-bond donors (Lipinski definition) is 2. The van der Waals surface area contributed by atoms with Crippen LogP contribution in [-0.2, 0) is 16.2 Å². The Morgan fingerprint density at radius 2 is 1.70 bits per heavy atom. The van der Waals surface area contributed by atoms with Gasteiger partial charge in [0.15, 0.2) is 0 Å². The maximum Gasteiger partial charge on any atom is 0.416 e. The number of nitrogens with two attached hydrogens (primary N) is 2. The van der Waals surface area contributed by atoms with Crippen molar-refractivity contribution in [2.45, 2.75) is 11.1 Å². The summed E-state index contributed by atoms with van der Waals surface area (Å²) in [6, 6.07) is 7.65. The van der Waals surface area contributed by atoms with Gasteiger partial charge in [0.25, 0.3) is 0 Å². The molecule has 0 saturated carbocycles. The zero-order chi connectivity index (χ0) is 17.4. The van der Waals surface area contributed by atoms with Gasteiger partial charge in [-0.05, 0) is 35.4 Å². The first kappa shape index (κ1) is 17.0. The number of carbonyl (C=O) groups is 1. The van der Waals surface area contributed by atoms with Crippen LogP contribution in [0.5, 0.6) is 0 Å². The molecule has 0 heterocycles. The Hall–Kier alpha value is -2.39. The van der Waals surface area contributed by atoms with Gasteiger partial charge in [-0.3, -0.25) is 4.79 Å². The number of amides is 1. The predicted octanol–water partition coefficient (Wildman–Crippen LogP) is 2.12. The highest BCUT2D eigenvalue weighted by Gasteiger charge is 2.31. The molecule has 0 aliphatic carbocycles. The molecule has 0 saturated heterocycles. The van der Waals surface area contributed by atoms with Gasteiger partial charge in [0.05, 0.1) is 10.5 Å². The molecule has 0 bridgehead atoms. The van der Waals surface area contributed by atoms with Gasteiger partial charge in [0.1, 0.15) is 0 Å². The topological polar surface area (TPSA) is 103 Å².